The molecule has 17 heavy (non-hydrogen) atoms. The van der Waals surface area contributed by atoms with Crippen LogP contribution in [0.1, 0.15) is 62.0 Å². The second kappa shape index (κ2) is 6.80. The average molecular weight is 232 g/mol. The fourth-order valence-electron chi connectivity index (χ4n) is 2.85. The second-order valence-electron chi connectivity index (χ2n) is 5.26. The van der Waals surface area contributed by atoms with Gasteiger partial charge in [-0.1, -0.05) is 49.9 Å². The van der Waals surface area contributed by atoms with Crippen molar-refractivity contribution in [3.63, 3.8) is 0 Å². The van der Waals surface area contributed by atoms with Crippen molar-refractivity contribution in [3.05, 3.63) is 35.4 Å². The molecule has 1 fully saturated rings. The maximum atomic E-state index is 8.82. The predicted molar refractivity (Wildman–Crippen MR) is 72.3 cm³/mol. The van der Waals surface area contributed by atoms with Gasteiger partial charge in [0.25, 0.3) is 0 Å². The number of rotatable bonds is 4. The molecule has 1 heteroatoms. The molecule has 0 radical (unpaired) electrons. The van der Waals surface area contributed by atoms with Gasteiger partial charge in [0.1, 0.15) is 0 Å². The summed E-state index contributed by atoms with van der Waals surface area (Å²) in [4.78, 5) is 0. The molecule has 0 aromatic heterocycles. The number of aryl methyl sites for hydroxylation is 1. The van der Waals surface area contributed by atoms with E-state index >= 15 is 0 Å². The fraction of sp³-hybridized carbons (Fsp3) is 0.625. The Bertz CT molecular complexity index is 307. The molecule has 1 saturated carbocycles. The number of aliphatic hydroxyl groups excluding tert-OH is 1. The summed E-state index contributed by atoms with van der Waals surface area (Å²) in [6, 6.07) is 9.11. The molecule has 1 aromatic rings. The number of benzene rings is 1. The Morgan fingerprint density at radius 2 is 1.59 bits per heavy atom. The van der Waals surface area contributed by atoms with E-state index in [1.807, 2.05) is 0 Å². The largest absolute Gasteiger partial charge is 0.396 e. The molecule has 0 unspecified atom stereocenters. The van der Waals surface area contributed by atoms with Crippen LogP contribution in [-0.4, -0.2) is 11.7 Å². The molecule has 0 atom stereocenters. The van der Waals surface area contributed by atoms with Crippen molar-refractivity contribution >= 4 is 0 Å². The highest BCUT2D eigenvalue weighted by molar-refractivity contribution is 5.25. The average Bonchev–Trinajstić information content (AvgIpc) is 2.66. The van der Waals surface area contributed by atoms with Gasteiger partial charge in [-0.05, 0) is 42.7 Å². The number of hydrogen-bond donors (Lipinski definition) is 1. The van der Waals surface area contributed by atoms with Gasteiger partial charge < -0.3 is 5.11 Å². The van der Waals surface area contributed by atoms with Gasteiger partial charge in [0.2, 0.25) is 0 Å². The second-order valence-corrected chi connectivity index (χ2v) is 5.26. The highest BCUT2D eigenvalue weighted by Crippen LogP contribution is 2.31. The molecule has 1 aliphatic rings. The summed E-state index contributed by atoms with van der Waals surface area (Å²) < 4.78 is 0. The highest BCUT2D eigenvalue weighted by atomic mass is 16.2. The highest BCUT2D eigenvalue weighted by Gasteiger charge is 2.13. The van der Waals surface area contributed by atoms with E-state index in [0.29, 0.717) is 6.61 Å². The van der Waals surface area contributed by atoms with Gasteiger partial charge in [-0.2, -0.15) is 0 Å². The monoisotopic (exact) mass is 232 g/mol. The van der Waals surface area contributed by atoms with Crippen molar-refractivity contribution < 1.29 is 5.11 Å². The van der Waals surface area contributed by atoms with Crippen molar-refractivity contribution in [1.29, 1.82) is 0 Å². The van der Waals surface area contributed by atoms with E-state index in [2.05, 4.69) is 24.3 Å². The lowest BCUT2D eigenvalue weighted by Gasteiger charge is -2.14. The topological polar surface area (TPSA) is 20.2 Å². The van der Waals surface area contributed by atoms with E-state index in [-0.39, 0.29) is 0 Å². The zero-order valence-corrected chi connectivity index (χ0v) is 10.7. The molecule has 1 N–H and O–H groups in total. The van der Waals surface area contributed by atoms with E-state index < -0.39 is 0 Å². The minimum absolute atomic E-state index is 0.296. The van der Waals surface area contributed by atoms with Gasteiger partial charge in [-0.25, -0.2) is 0 Å². The molecule has 0 bridgehead atoms. The molecule has 0 saturated heterocycles. The summed E-state index contributed by atoms with van der Waals surface area (Å²) in [6.45, 7) is 0.296. The molecule has 0 spiro atoms. The summed E-state index contributed by atoms with van der Waals surface area (Å²) in [5, 5.41) is 8.82. The Morgan fingerprint density at radius 3 is 2.18 bits per heavy atom. The molecule has 1 aromatic carbocycles. The molecule has 2 rings (SSSR count). The van der Waals surface area contributed by atoms with Crippen molar-refractivity contribution in [2.75, 3.05) is 6.61 Å². The Labute approximate surface area is 105 Å². The summed E-state index contributed by atoms with van der Waals surface area (Å²) in [5.74, 6) is 0.796. The smallest absolute Gasteiger partial charge is 0.0434 e. The van der Waals surface area contributed by atoms with Crippen LogP contribution in [0.15, 0.2) is 24.3 Å². The van der Waals surface area contributed by atoms with Crippen LogP contribution in [0.2, 0.25) is 0 Å². The zero-order chi connectivity index (χ0) is 11.9. The minimum atomic E-state index is 0.296. The first-order chi connectivity index (χ1) is 8.40. The van der Waals surface area contributed by atoms with E-state index in [4.69, 9.17) is 5.11 Å². The Hall–Kier alpha value is -0.820. The first kappa shape index (κ1) is 12.6. The predicted octanol–water partition coefficient (Wildman–Crippen LogP) is 4.05. The van der Waals surface area contributed by atoms with Gasteiger partial charge >= 0.3 is 0 Å². The Morgan fingerprint density at radius 1 is 0.941 bits per heavy atom. The van der Waals surface area contributed by atoms with Crippen LogP contribution < -0.4 is 0 Å². The normalized spacial score (nSPS) is 17.9. The van der Waals surface area contributed by atoms with Crippen LogP contribution >= 0.6 is 0 Å². The molecule has 1 nitrogen and oxygen atoms in total. The van der Waals surface area contributed by atoms with Crippen molar-refractivity contribution in [2.24, 2.45) is 0 Å². The minimum Gasteiger partial charge on any atom is -0.396 e. The standard InChI is InChI=1S/C16H24O/c17-13-5-6-14-9-11-16(12-10-14)15-7-3-1-2-4-8-15/h9-12,15,17H,1-8,13H2. The van der Waals surface area contributed by atoms with Gasteiger partial charge in [0.15, 0.2) is 0 Å². The van der Waals surface area contributed by atoms with E-state index in [0.717, 1.165) is 18.8 Å². The van der Waals surface area contributed by atoms with Crippen LogP contribution in [0.4, 0.5) is 0 Å². The fourth-order valence-corrected chi connectivity index (χ4v) is 2.85. The first-order valence-electron chi connectivity index (χ1n) is 7.10. The van der Waals surface area contributed by atoms with Crippen LogP contribution in [0.25, 0.3) is 0 Å². The number of aliphatic hydroxyl groups is 1. The van der Waals surface area contributed by atoms with E-state index in [1.165, 1.54) is 49.7 Å². The Balaban J connectivity index is 1.96. The molecule has 0 heterocycles. The molecule has 0 amide bonds. The van der Waals surface area contributed by atoms with E-state index in [1.54, 1.807) is 0 Å². The molecule has 1 aliphatic carbocycles. The lowest BCUT2D eigenvalue weighted by molar-refractivity contribution is 0.288. The van der Waals surface area contributed by atoms with Gasteiger partial charge in [-0.15, -0.1) is 0 Å². The van der Waals surface area contributed by atoms with Crippen molar-refractivity contribution in [3.8, 4) is 0 Å². The quantitative estimate of drug-likeness (QED) is 0.776. The maximum Gasteiger partial charge on any atom is 0.0434 e. The van der Waals surface area contributed by atoms with E-state index in [9.17, 15) is 0 Å². The van der Waals surface area contributed by atoms with Crippen LogP contribution in [-0.2, 0) is 6.42 Å². The molecule has 0 aliphatic heterocycles. The third-order valence-electron chi connectivity index (χ3n) is 3.93. The van der Waals surface area contributed by atoms with Gasteiger partial charge in [0.05, 0.1) is 0 Å². The summed E-state index contributed by atoms with van der Waals surface area (Å²) in [5.41, 5.74) is 2.89. The maximum absolute atomic E-state index is 8.82. The summed E-state index contributed by atoms with van der Waals surface area (Å²) >= 11 is 0. The van der Waals surface area contributed by atoms with Crippen LogP contribution in [0.5, 0.6) is 0 Å². The summed E-state index contributed by atoms with van der Waals surface area (Å²) in [6.07, 6.45) is 10.3. The molecule has 94 valence electrons. The lowest BCUT2D eigenvalue weighted by Crippen LogP contribution is -1.97. The lowest BCUT2D eigenvalue weighted by atomic mass is 9.91. The SMILES string of the molecule is OCCCc1ccc(C2CCCCCC2)cc1. The third kappa shape index (κ3) is 3.85. The van der Waals surface area contributed by atoms with Gasteiger partial charge in [0, 0.05) is 6.61 Å². The summed E-state index contributed by atoms with van der Waals surface area (Å²) in [7, 11) is 0. The van der Waals surface area contributed by atoms with Crippen molar-refractivity contribution in [2.45, 2.75) is 57.3 Å². The number of hydrogen-bond acceptors (Lipinski definition) is 1. The first-order valence-corrected chi connectivity index (χ1v) is 7.10. The van der Waals surface area contributed by atoms with Crippen molar-refractivity contribution in [1.82, 2.24) is 0 Å². The van der Waals surface area contributed by atoms with Gasteiger partial charge in [-0.3, -0.25) is 0 Å². The van der Waals surface area contributed by atoms with Crippen LogP contribution in [0, 0.1) is 0 Å². The third-order valence-corrected chi connectivity index (χ3v) is 3.93. The molecular formula is C16H24O. The Kier molecular flexibility index (Phi) is 5.06. The van der Waals surface area contributed by atoms with Crippen LogP contribution in [0.3, 0.4) is 0 Å². The molecular weight excluding hydrogens is 208 g/mol. The zero-order valence-electron chi connectivity index (χ0n) is 10.7.